The van der Waals surface area contributed by atoms with E-state index in [1.165, 1.54) is 0 Å². The predicted molar refractivity (Wildman–Crippen MR) is 123 cm³/mol. The van der Waals surface area contributed by atoms with E-state index >= 15 is 0 Å². The van der Waals surface area contributed by atoms with Crippen LogP contribution in [0.2, 0.25) is 0 Å². The predicted octanol–water partition coefficient (Wildman–Crippen LogP) is 0.0796. The van der Waals surface area contributed by atoms with Gasteiger partial charge in [-0.25, -0.2) is 0 Å². The molecule has 2 amide bonds. The molecule has 3 atom stereocenters. The number of nitrogens with zero attached hydrogens (tertiary/aromatic N) is 2. The maximum atomic E-state index is 13.7. The zero-order valence-electron chi connectivity index (χ0n) is 18.5. The number of aliphatic imine (C=N–C) groups is 1. The lowest BCUT2D eigenvalue weighted by Gasteiger charge is -2.39. The number of likely N-dealkylation sites (tertiary alicyclic amines) is 1. The first-order chi connectivity index (χ1) is 15.5. The summed E-state index contributed by atoms with van der Waals surface area (Å²) in [6.45, 7) is 1.73. The maximum Gasteiger partial charge on any atom is 0.246 e. The van der Waals surface area contributed by atoms with Crippen molar-refractivity contribution >= 4 is 24.1 Å². The summed E-state index contributed by atoms with van der Waals surface area (Å²) < 4.78 is 0. The van der Waals surface area contributed by atoms with Gasteiger partial charge in [0.25, 0.3) is 0 Å². The van der Waals surface area contributed by atoms with Gasteiger partial charge in [-0.05, 0) is 50.6 Å². The third kappa shape index (κ3) is 5.64. The van der Waals surface area contributed by atoms with Gasteiger partial charge in [-0.2, -0.15) is 0 Å². The SMILES string of the molecule is NC(N)=NCCC[C@@H](C=O)NC(=O)[C@]1(Cc2ccccc2)CCCN1C(=O)[C@H]1CCCN1. The van der Waals surface area contributed by atoms with Crippen LogP contribution in [0.5, 0.6) is 0 Å². The first-order valence-corrected chi connectivity index (χ1v) is 11.4. The molecular formula is C23H34N6O3. The topological polar surface area (TPSA) is 143 Å². The number of guanidine groups is 1. The molecule has 9 nitrogen and oxygen atoms in total. The van der Waals surface area contributed by atoms with Gasteiger partial charge in [0.1, 0.15) is 11.8 Å². The number of nitrogens with two attached hydrogens (primary N) is 2. The Morgan fingerprint density at radius 2 is 2.06 bits per heavy atom. The number of nitrogens with one attached hydrogen (secondary N) is 2. The highest BCUT2D eigenvalue weighted by atomic mass is 16.2. The third-order valence-corrected chi connectivity index (χ3v) is 6.32. The van der Waals surface area contributed by atoms with Crippen molar-refractivity contribution in [2.24, 2.45) is 16.5 Å². The molecule has 0 saturated carbocycles. The van der Waals surface area contributed by atoms with Gasteiger partial charge in [-0.15, -0.1) is 0 Å². The summed E-state index contributed by atoms with van der Waals surface area (Å²) in [6.07, 6.45) is 5.17. The second kappa shape index (κ2) is 11.1. The fourth-order valence-corrected chi connectivity index (χ4v) is 4.71. The van der Waals surface area contributed by atoms with Crippen molar-refractivity contribution in [1.29, 1.82) is 0 Å². The van der Waals surface area contributed by atoms with Gasteiger partial charge in [-0.1, -0.05) is 30.3 Å². The van der Waals surface area contributed by atoms with E-state index < -0.39 is 11.6 Å². The van der Waals surface area contributed by atoms with Gasteiger partial charge in [-0.3, -0.25) is 14.6 Å². The Kier molecular flexibility index (Phi) is 8.21. The average Bonchev–Trinajstić information content (AvgIpc) is 3.47. The molecule has 0 aromatic heterocycles. The minimum absolute atomic E-state index is 0.000801. The summed E-state index contributed by atoms with van der Waals surface area (Å²) in [6, 6.07) is 8.81. The van der Waals surface area contributed by atoms with Crippen LogP contribution < -0.4 is 22.1 Å². The van der Waals surface area contributed by atoms with Crippen LogP contribution in [-0.4, -0.2) is 66.2 Å². The molecule has 174 valence electrons. The number of hydrogen-bond donors (Lipinski definition) is 4. The second-order valence-electron chi connectivity index (χ2n) is 8.60. The van der Waals surface area contributed by atoms with Gasteiger partial charge in [0.15, 0.2) is 5.96 Å². The lowest BCUT2D eigenvalue weighted by atomic mass is 9.86. The summed E-state index contributed by atoms with van der Waals surface area (Å²) >= 11 is 0. The van der Waals surface area contributed by atoms with Gasteiger partial charge in [0.05, 0.1) is 12.1 Å². The lowest BCUT2D eigenvalue weighted by molar-refractivity contribution is -0.146. The van der Waals surface area contributed by atoms with E-state index in [2.05, 4.69) is 15.6 Å². The van der Waals surface area contributed by atoms with Gasteiger partial charge in [0.2, 0.25) is 11.8 Å². The van der Waals surface area contributed by atoms with Crippen LogP contribution in [0.15, 0.2) is 35.3 Å². The number of benzene rings is 1. The average molecular weight is 443 g/mol. The normalized spacial score (nSPS) is 23.5. The number of aldehydes is 1. The van der Waals surface area contributed by atoms with Crippen molar-refractivity contribution in [3.8, 4) is 0 Å². The van der Waals surface area contributed by atoms with Crippen LogP contribution in [-0.2, 0) is 20.8 Å². The molecule has 2 heterocycles. The summed E-state index contributed by atoms with van der Waals surface area (Å²) in [5.74, 6) is -0.301. The Bertz CT molecular complexity index is 820. The summed E-state index contributed by atoms with van der Waals surface area (Å²) in [4.78, 5) is 44.4. The Morgan fingerprint density at radius 1 is 1.28 bits per heavy atom. The quantitative estimate of drug-likeness (QED) is 0.175. The molecule has 1 aromatic rings. The number of hydrogen-bond acceptors (Lipinski definition) is 5. The van der Waals surface area contributed by atoms with E-state index in [1.54, 1.807) is 4.90 Å². The molecule has 3 rings (SSSR count). The van der Waals surface area contributed by atoms with Crippen LogP contribution in [0.25, 0.3) is 0 Å². The standard InChI is InChI=1S/C23H34N6O3/c24-22(25)27-13-4-9-18(16-30)28-21(32)23(15-17-7-2-1-3-8-17)11-6-14-29(23)20(31)19-10-5-12-26-19/h1-3,7-8,16,18-19,26H,4-6,9-15H2,(H,28,32)(H4,24,25,27)/t18-,19+,23+/m0/s1. The molecule has 0 spiro atoms. The van der Waals surface area contributed by atoms with Crippen LogP contribution in [0.3, 0.4) is 0 Å². The molecule has 0 bridgehead atoms. The van der Waals surface area contributed by atoms with E-state index in [9.17, 15) is 14.4 Å². The molecule has 2 fully saturated rings. The van der Waals surface area contributed by atoms with Crippen LogP contribution in [0, 0.1) is 0 Å². The van der Waals surface area contributed by atoms with Gasteiger partial charge < -0.3 is 31.8 Å². The highest BCUT2D eigenvalue weighted by Crippen LogP contribution is 2.35. The van der Waals surface area contributed by atoms with Crippen LogP contribution >= 0.6 is 0 Å². The highest BCUT2D eigenvalue weighted by molar-refractivity contribution is 5.95. The van der Waals surface area contributed by atoms with Crippen LogP contribution in [0.4, 0.5) is 0 Å². The van der Waals surface area contributed by atoms with Crippen molar-refractivity contribution in [2.75, 3.05) is 19.6 Å². The number of carbonyl (C=O) groups excluding carboxylic acids is 3. The molecule has 2 aliphatic rings. The minimum Gasteiger partial charge on any atom is -0.370 e. The number of amides is 2. The lowest BCUT2D eigenvalue weighted by Crippen LogP contribution is -2.62. The van der Waals surface area contributed by atoms with Crippen molar-refractivity contribution in [3.63, 3.8) is 0 Å². The number of rotatable bonds is 10. The first-order valence-electron chi connectivity index (χ1n) is 11.4. The van der Waals surface area contributed by atoms with Gasteiger partial charge >= 0.3 is 0 Å². The zero-order valence-corrected chi connectivity index (χ0v) is 18.5. The van der Waals surface area contributed by atoms with Gasteiger partial charge in [0, 0.05) is 19.5 Å². The van der Waals surface area contributed by atoms with E-state index in [-0.39, 0.29) is 23.8 Å². The van der Waals surface area contributed by atoms with Crippen molar-refractivity contribution < 1.29 is 14.4 Å². The van der Waals surface area contributed by atoms with E-state index in [1.807, 2.05) is 30.3 Å². The molecule has 9 heteroatoms. The third-order valence-electron chi connectivity index (χ3n) is 6.32. The van der Waals surface area contributed by atoms with E-state index in [4.69, 9.17) is 11.5 Å². The number of carbonyl (C=O) groups is 3. The molecular weight excluding hydrogens is 408 g/mol. The molecule has 1 aromatic carbocycles. The molecule has 32 heavy (non-hydrogen) atoms. The van der Waals surface area contributed by atoms with E-state index in [0.717, 1.165) is 37.7 Å². The maximum absolute atomic E-state index is 13.7. The van der Waals surface area contributed by atoms with Crippen molar-refractivity contribution in [1.82, 2.24) is 15.5 Å². The summed E-state index contributed by atoms with van der Waals surface area (Å²) in [5, 5.41) is 6.16. The smallest absolute Gasteiger partial charge is 0.246 e. The fourth-order valence-electron chi connectivity index (χ4n) is 4.71. The summed E-state index contributed by atoms with van der Waals surface area (Å²) in [7, 11) is 0. The molecule has 2 saturated heterocycles. The monoisotopic (exact) mass is 442 g/mol. The largest absolute Gasteiger partial charge is 0.370 e. The molecule has 0 radical (unpaired) electrons. The molecule has 0 unspecified atom stereocenters. The van der Waals surface area contributed by atoms with Crippen molar-refractivity contribution in [2.45, 2.75) is 62.6 Å². The Hall–Kier alpha value is -2.94. The zero-order chi connectivity index (χ0) is 23.0. The van der Waals surface area contributed by atoms with Crippen molar-refractivity contribution in [3.05, 3.63) is 35.9 Å². The molecule has 6 N–H and O–H groups in total. The fraction of sp³-hybridized carbons (Fsp3) is 0.565. The Morgan fingerprint density at radius 3 is 2.72 bits per heavy atom. The molecule has 0 aliphatic carbocycles. The first kappa shape index (κ1) is 23.7. The second-order valence-corrected chi connectivity index (χ2v) is 8.60. The highest BCUT2D eigenvalue weighted by Gasteiger charge is 2.51. The minimum atomic E-state index is -1.01. The Labute approximate surface area is 189 Å². The van der Waals surface area contributed by atoms with Crippen LogP contribution in [0.1, 0.15) is 44.1 Å². The molecule has 2 aliphatic heterocycles. The Balaban J connectivity index is 1.79. The summed E-state index contributed by atoms with van der Waals surface area (Å²) in [5.41, 5.74) is 10.6. The van der Waals surface area contributed by atoms with E-state index in [0.29, 0.717) is 38.8 Å².